The number of hydrogen-bond donors (Lipinski definition) is 24. The van der Waals surface area contributed by atoms with Crippen LogP contribution < -0.4 is 73.9 Å². The van der Waals surface area contributed by atoms with Crippen LogP contribution in [0.5, 0.6) is 46.0 Å². The molecule has 27 N–H and O–H groups in total. The van der Waals surface area contributed by atoms with Gasteiger partial charge in [0.05, 0.1) is 46.9 Å². The number of benzene rings is 5. The van der Waals surface area contributed by atoms with Crippen molar-refractivity contribution in [3.05, 3.63) is 117 Å². The second kappa shape index (κ2) is 39.7. The first-order valence-electron chi connectivity index (χ1n) is 39.8. The number of carboxylic acid groups (broad SMARTS) is 1. The lowest BCUT2D eigenvalue weighted by molar-refractivity contribution is -0.333. The summed E-state index contributed by atoms with van der Waals surface area (Å²) in [4.78, 5) is 185. The fraction of sp³-hybridized carbons (Fsp3) is 0.494. The Bertz CT molecular complexity index is 5180. The minimum absolute atomic E-state index is 0.148. The van der Waals surface area contributed by atoms with Crippen molar-refractivity contribution in [1.82, 2.24) is 42.5 Å². The number of hydrogen-bond acceptors (Lipinski definition) is 32. The zero-order chi connectivity index (χ0) is 94.2. The highest BCUT2D eigenvalue weighted by molar-refractivity contribution is 7.70. The van der Waals surface area contributed by atoms with Crippen LogP contribution in [-0.2, 0) is 85.5 Å². The molecule has 698 valence electrons. The summed E-state index contributed by atoms with van der Waals surface area (Å²) in [6.45, 7) is 8.22. The van der Waals surface area contributed by atoms with Crippen molar-refractivity contribution >= 4 is 97.6 Å². The molecular formula is C79H99Cl2N11O34P2. The van der Waals surface area contributed by atoms with Gasteiger partial charge in [-0.15, -0.1) is 0 Å². The van der Waals surface area contributed by atoms with E-state index in [1.165, 1.54) is 40.8 Å². The number of nitrogens with one attached hydrogen (secondary N) is 8. The number of carboxylic acids is 1. The Morgan fingerprint density at radius 3 is 1.77 bits per heavy atom. The van der Waals surface area contributed by atoms with E-state index < -0.39 is 336 Å². The van der Waals surface area contributed by atoms with Crippen LogP contribution in [0.1, 0.15) is 145 Å². The topological polar surface area (TPSA) is 725 Å². The van der Waals surface area contributed by atoms with Gasteiger partial charge in [-0.3, -0.25) is 52.3 Å². The number of phenolic OH excluding ortho intramolecular Hbond substituents is 3. The molecule has 0 aliphatic carbocycles. The van der Waals surface area contributed by atoms with Gasteiger partial charge in [0.1, 0.15) is 96.1 Å². The lowest BCUT2D eigenvalue weighted by Gasteiger charge is -2.47. The molecule has 45 nitrogen and oxygen atoms in total. The number of fused-ring (bicyclic) bond motifs is 15. The number of carbonyl (C=O) groups is 10. The summed E-state index contributed by atoms with van der Waals surface area (Å²) < 4.78 is 81.4. The van der Waals surface area contributed by atoms with Crippen LogP contribution in [-0.4, -0.2) is 247 Å². The molecular weight excluding hydrogens is 1780 g/mol. The van der Waals surface area contributed by atoms with Crippen molar-refractivity contribution in [2.75, 3.05) is 13.7 Å². The molecule has 0 saturated carbocycles. The van der Waals surface area contributed by atoms with E-state index in [0.29, 0.717) is 0 Å². The smallest absolute Gasteiger partial charge is 0.360 e. The van der Waals surface area contributed by atoms with Crippen LogP contribution in [0.4, 0.5) is 0 Å². The van der Waals surface area contributed by atoms with E-state index in [1.54, 1.807) is 19.2 Å². The molecule has 49 heteroatoms. The predicted molar refractivity (Wildman–Crippen MR) is 439 cm³/mol. The molecule has 13 rings (SSSR count). The standard InChI is InChI=1S/C79H99Cl2N11O34P2/c1-29(2)17-41(85-7)69(104)91-59-61(99)33-12-15-45(39(80)19-33)121-47-21-35-22-48(65(47)126-76-66(125-54-27-79(6,84)68(103)31(4)120-54)63(101)62(100)49(123-76)28-118-52(98)10-8-9-51(97)87-77(127(112,113)114)128(115,116)117)122-46-16-13-34(20-40(46)81)64(124-53-26-78(5,83)67(102)30(3)119-53)60-74(109)90-58(75(110)111)38-23-36(93)24-44(95)55(38)37-18-32(11-14-43(37)94)56(71(106)92-60)89-72(107)57(35)88-70(105)42(25-50(82)96)86-73(59)108/h11-16,18-24,29-31,41-42,49,53-54,56-64,66-68,76-77,85,93-95,99-103H,8-10,17,25-28,83-84H2,1-7H3,(H2,82,96)(H,86,108)(H,87,97)(H,88,105)(H,89,107)(H,90,109)(H,91,104)(H,92,106)(H,110,111)(H2,112,113,114)(H2,115,116,117). The van der Waals surface area contributed by atoms with Crippen molar-refractivity contribution in [3.8, 4) is 57.1 Å². The van der Waals surface area contributed by atoms with Crippen LogP contribution in [0.3, 0.4) is 0 Å². The number of aliphatic hydroxyl groups is 5. The molecule has 3 fully saturated rings. The molecule has 5 aromatic carbocycles. The van der Waals surface area contributed by atoms with Gasteiger partial charge in [-0.05, 0) is 130 Å². The van der Waals surface area contributed by atoms with Crippen molar-refractivity contribution in [2.24, 2.45) is 23.1 Å². The molecule has 5 aromatic rings. The van der Waals surface area contributed by atoms with E-state index in [4.69, 9.17) is 83.0 Å². The fourth-order valence-electron chi connectivity index (χ4n) is 15.5. The molecule has 11 bridgehead atoms. The Balaban J connectivity index is 1.16. The first-order chi connectivity index (χ1) is 59.8. The summed E-state index contributed by atoms with van der Waals surface area (Å²) in [7, 11) is -9.90. The van der Waals surface area contributed by atoms with E-state index in [1.807, 2.05) is 0 Å². The number of halogens is 2. The van der Waals surface area contributed by atoms with Gasteiger partial charge in [0, 0.05) is 59.5 Å². The molecule has 22 atom stereocenters. The number of carbonyl (C=O) groups excluding carboxylic acids is 9. The third kappa shape index (κ3) is 22.7. The quantitative estimate of drug-likeness (QED) is 0.0298. The Morgan fingerprint density at radius 1 is 0.648 bits per heavy atom. The monoisotopic (exact) mass is 1880 g/mol. The van der Waals surface area contributed by atoms with Crippen molar-refractivity contribution in [1.29, 1.82) is 0 Å². The first-order valence-corrected chi connectivity index (χ1v) is 43.9. The van der Waals surface area contributed by atoms with Crippen LogP contribution in [0.25, 0.3) is 11.1 Å². The largest absolute Gasteiger partial charge is 0.508 e. The zero-order valence-electron chi connectivity index (χ0n) is 69.1. The summed E-state index contributed by atoms with van der Waals surface area (Å²) in [6.07, 6.45) is -27.2. The molecule has 0 aromatic heterocycles. The molecule has 8 heterocycles. The molecule has 8 amide bonds. The maximum Gasteiger partial charge on any atom is 0.360 e. The number of phenols is 3. The first kappa shape index (κ1) is 98.6. The summed E-state index contributed by atoms with van der Waals surface area (Å²) in [5, 5.41) is 124. The minimum atomic E-state index is -5.67. The Hall–Kier alpha value is -10.0. The van der Waals surface area contributed by atoms with Crippen LogP contribution in [0, 0.1) is 5.92 Å². The summed E-state index contributed by atoms with van der Waals surface area (Å²) >= 11 is 14.6. The van der Waals surface area contributed by atoms with E-state index in [-0.39, 0.29) is 29.9 Å². The van der Waals surface area contributed by atoms with Gasteiger partial charge in [0.25, 0.3) is 0 Å². The average Bonchev–Trinajstić information content (AvgIpc) is 0.761. The number of esters is 1. The zero-order valence-corrected chi connectivity index (χ0v) is 72.4. The Morgan fingerprint density at radius 2 is 1.21 bits per heavy atom. The van der Waals surface area contributed by atoms with Gasteiger partial charge < -0.3 is 168 Å². The number of rotatable bonds is 23. The molecule has 0 radical (unpaired) electrons. The second-order valence-corrected chi connectivity index (χ2v) is 37.3. The maximum absolute atomic E-state index is 16.6. The van der Waals surface area contributed by atoms with E-state index in [9.17, 15) is 98.6 Å². The highest BCUT2D eigenvalue weighted by Gasteiger charge is 2.54. The third-order valence-corrected chi connectivity index (χ3v) is 26.0. The normalized spacial score (nSPS) is 29.6. The van der Waals surface area contributed by atoms with E-state index in [2.05, 4.69) is 37.2 Å². The SMILES string of the molecule is CNC(CC(C)C)C(=O)NC1C(=O)NC(CC(N)=O)C(=O)NC2C(=O)NC3C(=O)NC(C(=O)NC(C(=O)O)c4cc(O)cc(O)c4-c4cc3ccc4O)C(OC3CC(C)(N)C(O)C(C)O3)c3ccc(c(Cl)c3)Oc3cc2cc(c3OC2OC(COC(=O)CCCC(=O)NC(P(=O)(O)O)P(=O)(O)O)C(O)C(O)C2OC2CC(C)(N)C(O)C(C)O2)Oc2ccc(cc2Cl)C1O. The lowest BCUT2D eigenvalue weighted by Crippen LogP contribution is -2.64. The summed E-state index contributed by atoms with van der Waals surface area (Å²) in [5.74, 6) is -19.9. The number of aliphatic hydroxyl groups excluding tert-OH is 5. The highest BCUT2D eigenvalue weighted by atomic mass is 35.5. The van der Waals surface area contributed by atoms with E-state index >= 15 is 24.0 Å². The molecule has 22 unspecified atom stereocenters. The fourth-order valence-corrected chi connectivity index (χ4v) is 18.1. The lowest BCUT2D eigenvalue weighted by atomic mass is 9.86. The number of ether oxygens (including phenoxy) is 9. The van der Waals surface area contributed by atoms with Crippen LogP contribution in [0.2, 0.25) is 10.0 Å². The minimum Gasteiger partial charge on any atom is -0.508 e. The number of likely N-dealkylation sites (N-methyl/N-ethyl adjacent to an activating group) is 1. The van der Waals surface area contributed by atoms with Crippen molar-refractivity contribution < 1.29 is 165 Å². The predicted octanol–water partition coefficient (Wildman–Crippen LogP) is -0.180. The van der Waals surface area contributed by atoms with E-state index in [0.717, 1.165) is 72.8 Å². The van der Waals surface area contributed by atoms with Crippen molar-refractivity contribution in [3.63, 3.8) is 0 Å². The third-order valence-electron chi connectivity index (χ3n) is 22.1. The summed E-state index contributed by atoms with van der Waals surface area (Å²) in [6, 6.07) is -1.81. The van der Waals surface area contributed by atoms with Gasteiger partial charge in [-0.25, -0.2) is 4.79 Å². The number of amides is 8. The van der Waals surface area contributed by atoms with Crippen molar-refractivity contribution in [2.45, 2.75) is 225 Å². The number of aliphatic carboxylic acids is 1. The molecule has 128 heavy (non-hydrogen) atoms. The van der Waals surface area contributed by atoms with Gasteiger partial charge in [0.15, 0.2) is 36.2 Å². The highest BCUT2D eigenvalue weighted by Crippen LogP contribution is 2.59. The maximum atomic E-state index is 16.6. The molecule has 3 saturated heterocycles. The number of primary amides is 1. The van der Waals surface area contributed by atoms with Gasteiger partial charge >= 0.3 is 27.1 Å². The number of nitrogens with two attached hydrogens (primary N) is 3. The molecule has 8 aliphatic heterocycles. The Labute approximate surface area is 737 Å². The van der Waals surface area contributed by atoms with Gasteiger partial charge in [0.2, 0.25) is 64.8 Å². The molecule has 0 spiro atoms. The molecule has 8 aliphatic rings. The van der Waals surface area contributed by atoms with Gasteiger partial charge in [-0.2, -0.15) is 0 Å². The second-order valence-electron chi connectivity index (χ2n) is 32.7. The van der Waals surface area contributed by atoms with Crippen LogP contribution >= 0.6 is 38.4 Å². The Kier molecular flexibility index (Phi) is 30.6. The van der Waals surface area contributed by atoms with Gasteiger partial charge in [-0.1, -0.05) is 55.2 Å². The van der Waals surface area contributed by atoms with Crippen LogP contribution in [0.15, 0.2) is 78.9 Å². The average molecular weight is 1880 g/mol. The number of aromatic hydroxyl groups is 3. The summed E-state index contributed by atoms with van der Waals surface area (Å²) in [5.41, 5.74) is 9.78.